The molecule has 0 bridgehead atoms. The van der Waals surface area contributed by atoms with Crippen LogP contribution in [0, 0.1) is 5.92 Å². The molecule has 0 saturated heterocycles. The Morgan fingerprint density at radius 3 is 2.83 bits per heavy atom. The van der Waals surface area contributed by atoms with Gasteiger partial charge in [0.05, 0.1) is 12.2 Å². The van der Waals surface area contributed by atoms with E-state index in [9.17, 15) is 4.79 Å². The molecule has 130 valence electrons. The molecule has 1 saturated carbocycles. The fourth-order valence-electron chi connectivity index (χ4n) is 2.89. The number of amides is 1. The first-order chi connectivity index (χ1) is 10.8. The predicted octanol–water partition coefficient (Wildman–Crippen LogP) is 2.38. The number of hydrogen-bond acceptors (Lipinski definition) is 4. The lowest BCUT2D eigenvalue weighted by molar-refractivity contribution is 0.0913. The van der Waals surface area contributed by atoms with E-state index in [1.165, 1.54) is 0 Å². The Bertz CT molecular complexity index is 485. The third-order valence-electron chi connectivity index (χ3n) is 4.10. The molecule has 2 unspecified atom stereocenters. The fraction of sp³-hybridized carbons (Fsp3) is 0.588. The highest BCUT2D eigenvalue weighted by Crippen LogP contribution is 2.26. The van der Waals surface area contributed by atoms with Crippen LogP contribution in [0.4, 0.5) is 0 Å². The van der Waals surface area contributed by atoms with Crippen LogP contribution < -0.4 is 15.8 Å². The van der Waals surface area contributed by atoms with E-state index in [-0.39, 0.29) is 24.4 Å². The van der Waals surface area contributed by atoms with Crippen molar-refractivity contribution in [1.82, 2.24) is 5.32 Å². The van der Waals surface area contributed by atoms with E-state index in [2.05, 4.69) is 5.32 Å². The van der Waals surface area contributed by atoms with Gasteiger partial charge >= 0.3 is 0 Å². The lowest BCUT2D eigenvalue weighted by atomic mass is 10.0. The van der Waals surface area contributed by atoms with Crippen LogP contribution in [-0.4, -0.2) is 38.3 Å². The summed E-state index contributed by atoms with van der Waals surface area (Å²) in [5.74, 6) is 0.898. The van der Waals surface area contributed by atoms with Gasteiger partial charge < -0.3 is 20.5 Å². The summed E-state index contributed by atoms with van der Waals surface area (Å²) in [6.45, 7) is 4.18. The first kappa shape index (κ1) is 19.7. The van der Waals surface area contributed by atoms with E-state index in [1.807, 2.05) is 25.1 Å². The van der Waals surface area contributed by atoms with Crippen LogP contribution in [0.15, 0.2) is 24.3 Å². The molecular weight excluding hydrogens is 316 g/mol. The van der Waals surface area contributed by atoms with Crippen molar-refractivity contribution < 1.29 is 14.3 Å². The largest absolute Gasteiger partial charge is 0.490 e. The van der Waals surface area contributed by atoms with Gasteiger partial charge in [0.25, 0.3) is 5.91 Å². The summed E-state index contributed by atoms with van der Waals surface area (Å²) in [6, 6.07) is 7.49. The number of rotatable bonds is 8. The average molecular weight is 343 g/mol. The van der Waals surface area contributed by atoms with Crippen LogP contribution in [0.5, 0.6) is 5.75 Å². The molecule has 1 aliphatic rings. The van der Waals surface area contributed by atoms with E-state index in [4.69, 9.17) is 15.2 Å². The van der Waals surface area contributed by atoms with Gasteiger partial charge in [-0.15, -0.1) is 12.4 Å². The standard InChI is InChI=1S/C17H26N2O3.ClH/c1-2-21-10-11-22-16-9-4-3-7-14(16)17(20)19-15-8-5-6-13(15)12-18;/h3-4,7,9,13,15H,2,5-6,8,10-12,18H2,1H3,(H,19,20);1H. The molecule has 3 N–H and O–H groups in total. The van der Waals surface area contributed by atoms with Gasteiger partial charge in [0.15, 0.2) is 0 Å². The van der Waals surface area contributed by atoms with Crippen molar-refractivity contribution in [3.05, 3.63) is 29.8 Å². The zero-order valence-electron chi connectivity index (χ0n) is 13.6. The van der Waals surface area contributed by atoms with Gasteiger partial charge in [0.2, 0.25) is 0 Å². The maximum absolute atomic E-state index is 12.5. The molecule has 1 fully saturated rings. The summed E-state index contributed by atoms with van der Waals surface area (Å²) in [4.78, 5) is 12.5. The molecule has 1 aliphatic carbocycles. The van der Waals surface area contributed by atoms with Crippen molar-refractivity contribution in [2.45, 2.75) is 32.2 Å². The van der Waals surface area contributed by atoms with E-state index < -0.39 is 0 Å². The molecule has 1 amide bonds. The van der Waals surface area contributed by atoms with E-state index >= 15 is 0 Å². The number of halogens is 1. The van der Waals surface area contributed by atoms with Crippen LogP contribution in [0.1, 0.15) is 36.5 Å². The average Bonchev–Trinajstić information content (AvgIpc) is 2.99. The number of benzene rings is 1. The highest BCUT2D eigenvalue weighted by atomic mass is 35.5. The number of nitrogens with one attached hydrogen (secondary N) is 1. The lowest BCUT2D eigenvalue weighted by Crippen LogP contribution is -2.40. The zero-order valence-corrected chi connectivity index (χ0v) is 14.4. The molecule has 0 aromatic heterocycles. The van der Waals surface area contributed by atoms with Crippen molar-refractivity contribution in [3.8, 4) is 5.75 Å². The molecule has 23 heavy (non-hydrogen) atoms. The van der Waals surface area contributed by atoms with Crippen molar-refractivity contribution in [1.29, 1.82) is 0 Å². The van der Waals surface area contributed by atoms with Crippen molar-refractivity contribution in [2.24, 2.45) is 11.7 Å². The Labute approximate surface area is 144 Å². The van der Waals surface area contributed by atoms with Crippen LogP contribution >= 0.6 is 12.4 Å². The van der Waals surface area contributed by atoms with Gasteiger partial charge in [-0.3, -0.25) is 4.79 Å². The number of ether oxygens (including phenoxy) is 2. The monoisotopic (exact) mass is 342 g/mol. The Balaban J connectivity index is 0.00000264. The lowest BCUT2D eigenvalue weighted by Gasteiger charge is -2.20. The summed E-state index contributed by atoms with van der Waals surface area (Å²) in [5, 5.41) is 3.11. The third-order valence-corrected chi connectivity index (χ3v) is 4.10. The molecule has 6 heteroatoms. The zero-order chi connectivity index (χ0) is 15.8. The molecule has 0 aliphatic heterocycles. The second-order valence-corrected chi connectivity index (χ2v) is 5.55. The first-order valence-electron chi connectivity index (χ1n) is 8.06. The summed E-state index contributed by atoms with van der Waals surface area (Å²) >= 11 is 0. The van der Waals surface area contributed by atoms with E-state index in [1.54, 1.807) is 6.07 Å². The molecule has 0 spiro atoms. The van der Waals surface area contributed by atoms with Crippen LogP contribution in [0.2, 0.25) is 0 Å². The quantitative estimate of drug-likeness (QED) is 0.711. The van der Waals surface area contributed by atoms with Gasteiger partial charge in [-0.2, -0.15) is 0 Å². The summed E-state index contributed by atoms with van der Waals surface area (Å²) in [7, 11) is 0. The first-order valence-corrected chi connectivity index (χ1v) is 8.06. The highest BCUT2D eigenvalue weighted by molar-refractivity contribution is 5.97. The molecule has 5 nitrogen and oxygen atoms in total. The van der Waals surface area contributed by atoms with Crippen LogP contribution in [0.25, 0.3) is 0 Å². The number of nitrogens with two attached hydrogens (primary N) is 1. The van der Waals surface area contributed by atoms with Gasteiger partial charge in [0.1, 0.15) is 12.4 Å². The third kappa shape index (κ3) is 5.68. The molecule has 1 aromatic carbocycles. The Morgan fingerprint density at radius 2 is 2.09 bits per heavy atom. The minimum Gasteiger partial charge on any atom is -0.490 e. The number of carbonyl (C=O) groups is 1. The van der Waals surface area contributed by atoms with Crippen LogP contribution in [-0.2, 0) is 4.74 Å². The normalized spacial score (nSPS) is 19.9. The van der Waals surface area contributed by atoms with Gasteiger partial charge in [-0.1, -0.05) is 18.6 Å². The number of carbonyl (C=O) groups excluding carboxylic acids is 1. The number of para-hydroxylation sites is 1. The van der Waals surface area contributed by atoms with Crippen molar-refractivity contribution in [3.63, 3.8) is 0 Å². The Morgan fingerprint density at radius 1 is 1.30 bits per heavy atom. The van der Waals surface area contributed by atoms with Crippen molar-refractivity contribution in [2.75, 3.05) is 26.4 Å². The van der Waals surface area contributed by atoms with E-state index in [0.717, 1.165) is 19.3 Å². The SMILES string of the molecule is CCOCCOc1ccccc1C(=O)NC1CCCC1CN.Cl. The topological polar surface area (TPSA) is 73.6 Å². The molecule has 0 heterocycles. The molecule has 0 radical (unpaired) electrons. The Hall–Kier alpha value is -1.30. The minimum atomic E-state index is -0.0858. The van der Waals surface area contributed by atoms with E-state index in [0.29, 0.717) is 43.6 Å². The summed E-state index contributed by atoms with van der Waals surface area (Å²) in [5.41, 5.74) is 6.34. The van der Waals surface area contributed by atoms with Crippen molar-refractivity contribution >= 4 is 18.3 Å². The second-order valence-electron chi connectivity index (χ2n) is 5.55. The highest BCUT2D eigenvalue weighted by Gasteiger charge is 2.28. The smallest absolute Gasteiger partial charge is 0.255 e. The Kier molecular flexibility index (Phi) is 8.99. The maximum atomic E-state index is 12.5. The molecular formula is C17H27ClN2O3. The van der Waals surface area contributed by atoms with Gasteiger partial charge in [-0.25, -0.2) is 0 Å². The number of hydrogen-bond donors (Lipinski definition) is 2. The molecule has 2 rings (SSSR count). The second kappa shape index (κ2) is 10.5. The molecule has 2 atom stereocenters. The van der Waals surface area contributed by atoms with Crippen LogP contribution in [0.3, 0.4) is 0 Å². The summed E-state index contributed by atoms with van der Waals surface area (Å²) in [6.07, 6.45) is 3.22. The van der Waals surface area contributed by atoms with Gasteiger partial charge in [0, 0.05) is 12.6 Å². The maximum Gasteiger partial charge on any atom is 0.255 e. The predicted molar refractivity (Wildman–Crippen MR) is 93.3 cm³/mol. The van der Waals surface area contributed by atoms with Gasteiger partial charge in [-0.05, 0) is 44.4 Å². The molecule has 1 aromatic rings. The minimum absolute atomic E-state index is 0. The summed E-state index contributed by atoms with van der Waals surface area (Å²) < 4.78 is 10.9. The fourth-order valence-corrected chi connectivity index (χ4v) is 2.89.